The second-order valence-corrected chi connectivity index (χ2v) is 4.90. The highest BCUT2D eigenvalue weighted by molar-refractivity contribution is 5.81. The quantitative estimate of drug-likeness (QED) is 0.666. The van der Waals surface area contributed by atoms with E-state index in [0.29, 0.717) is 0 Å². The summed E-state index contributed by atoms with van der Waals surface area (Å²) in [5, 5.41) is 0. The monoisotopic (exact) mass is 284 g/mol. The summed E-state index contributed by atoms with van der Waals surface area (Å²) in [7, 11) is 0. The number of benzene rings is 1. The van der Waals surface area contributed by atoms with E-state index in [0.717, 1.165) is 33.6 Å². The molecule has 22 heavy (non-hydrogen) atoms. The van der Waals surface area contributed by atoms with Crippen LogP contribution in [-0.2, 0) is 0 Å². The molecule has 2 nitrogen and oxygen atoms in total. The lowest BCUT2D eigenvalue weighted by molar-refractivity contribution is 1.29. The van der Waals surface area contributed by atoms with Gasteiger partial charge in [0.15, 0.2) is 0 Å². The average Bonchev–Trinajstić information content (AvgIpc) is 2.62. The van der Waals surface area contributed by atoms with Crippen molar-refractivity contribution in [2.24, 2.45) is 0 Å². The molecular weight excluding hydrogens is 268 g/mol. The fraction of sp³-hybridized carbons (Fsp3) is 0. The zero-order valence-corrected chi connectivity index (χ0v) is 12.2. The van der Waals surface area contributed by atoms with Crippen molar-refractivity contribution in [1.29, 1.82) is 0 Å². The molecule has 106 valence electrons. The zero-order valence-electron chi connectivity index (χ0n) is 12.2. The molecule has 0 bridgehead atoms. The predicted octanol–water partition coefficient (Wildman–Crippen LogP) is 5.10. The van der Waals surface area contributed by atoms with Crippen LogP contribution in [0.5, 0.6) is 0 Å². The first-order valence-electron chi connectivity index (χ1n) is 7.08. The largest absolute Gasteiger partial charge is 0.256 e. The minimum Gasteiger partial charge on any atom is -0.256 e. The maximum Gasteiger partial charge on any atom is 0.0714 e. The van der Waals surface area contributed by atoms with Crippen LogP contribution in [0.1, 0.15) is 11.1 Å². The molecule has 1 aromatic carbocycles. The molecule has 2 aromatic heterocycles. The van der Waals surface area contributed by atoms with Crippen LogP contribution in [0.2, 0.25) is 0 Å². The Morgan fingerprint density at radius 3 is 1.55 bits per heavy atom. The number of rotatable bonds is 4. The van der Waals surface area contributed by atoms with Gasteiger partial charge < -0.3 is 0 Å². The van der Waals surface area contributed by atoms with E-state index in [4.69, 9.17) is 0 Å². The van der Waals surface area contributed by atoms with Crippen molar-refractivity contribution in [2.45, 2.75) is 0 Å². The van der Waals surface area contributed by atoms with E-state index in [-0.39, 0.29) is 0 Å². The molecular formula is C20H16N2. The molecule has 0 fully saturated rings. The van der Waals surface area contributed by atoms with Gasteiger partial charge in [-0.05, 0) is 35.4 Å². The molecule has 0 atom stereocenters. The SMILES string of the molecule is C=Cc1ccnc(-c2ccccc2-c2cc(C=C)ccn2)c1. The summed E-state index contributed by atoms with van der Waals surface area (Å²) in [6, 6.07) is 16.1. The van der Waals surface area contributed by atoms with Gasteiger partial charge in [0, 0.05) is 23.5 Å². The lowest BCUT2D eigenvalue weighted by Gasteiger charge is -2.09. The van der Waals surface area contributed by atoms with Gasteiger partial charge in [-0.1, -0.05) is 49.6 Å². The van der Waals surface area contributed by atoms with E-state index in [2.05, 4.69) is 35.3 Å². The summed E-state index contributed by atoms with van der Waals surface area (Å²) >= 11 is 0. The van der Waals surface area contributed by atoms with Crippen LogP contribution in [0.15, 0.2) is 74.1 Å². The highest BCUT2D eigenvalue weighted by Gasteiger charge is 2.09. The van der Waals surface area contributed by atoms with Gasteiger partial charge in [-0.3, -0.25) is 9.97 Å². The molecule has 3 rings (SSSR count). The molecule has 0 aliphatic rings. The van der Waals surface area contributed by atoms with Crippen molar-refractivity contribution >= 4 is 12.2 Å². The maximum atomic E-state index is 4.49. The molecule has 2 heterocycles. The first kappa shape index (κ1) is 14.0. The number of aromatic nitrogens is 2. The minimum atomic E-state index is 0.916. The summed E-state index contributed by atoms with van der Waals surface area (Å²) < 4.78 is 0. The Bertz CT molecular complexity index is 764. The molecule has 0 unspecified atom stereocenters. The third kappa shape index (κ3) is 2.72. The summed E-state index contributed by atoms with van der Waals surface area (Å²) in [5.41, 5.74) is 6.04. The molecule has 0 saturated heterocycles. The van der Waals surface area contributed by atoms with Crippen LogP contribution in [0.3, 0.4) is 0 Å². The van der Waals surface area contributed by atoms with E-state index in [9.17, 15) is 0 Å². The Labute approximate surface area is 130 Å². The second-order valence-electron chi connectivity index (χ2n) is 4.90. The number of hydrogen-bond donors (Lipinski definition) is 0. The second kappa shape index (κ2) is 6.19. The van der Waals surface area contributed by atoms with Gasteiger partial charge in [-0.2, -0.15) is 0 Å². The van der Waals surface area contributed by atoms with Crippen LogP contribution < -0.4 is 0 Å². The molecule has 0 amide bonds. The van der Waals surface area contributed by atoms with E-state index in [1.54, 1.807) is 12.4 Å². The summed E-state index contributed by atoms with van der Waals surface area (Å²) in [4.78, 5) is 8.98. The van der Waals surface area contributed by atoms with E-state index < -0.39 is 0 Å². The smallest absolute Gasteiger partial charge is 0.0714 e. The van der Waals surface area contributed by atoms with Crippen molar-refractivity contribution in [3.05, 3.63) is 85.2 Å². The van der Waals surface area contributed by atoms with Crippen molar-refractivity contribution in [3.8, 4) is 22.5 Å². The van der Waals surface area contributed by atoms with Gasteiger partial charge >= 0.3 is 0 Å². The van der Waals surface area contributed by atoms with Crippen molar-refractivity contribution < 1.29 is 0 Å². The molecule has 2 heteroatoms. The molecule has 0 aliphatic carbocycles. The lowest BCUT2D eigenvalue weighted by atomic mass is 9.99. The van der Waals surface area contributed by atoms with Crippen molar-refractivity contribution in [1.82, 2.24) is 9.97 Å². The number of nitrogens with zero attached hydrogens (tertiary/aromatic N) is 2. The van der Waals surface area contributed by atoms with Gasteiger partial charge in [0.2, 0.25) is 0 Å². The number of hydrogen-bond acceptors (Lipinski definition) is 2. The normalized spacial score (nSPS) is 10.2. The zero-order chi connectivity index (χ0) is 15.4. The molecule has 0 spiro atoms. The molecule has 3 aromatic rings. The Morgan fingerprint density at radius 1 is 0.682 bits per heavy atom. The van der Waals surface area contributed by atoms with Gasteiger partial charge in [-0.15, -0.1) is 0 Å². The van der Waals surface area contributed by atoms with Crippen LogP contribution in [0.4, 0.5) is 0 Å². The van der Waals surface area contributed by atoms with Crippen LogP contribution in [0, 0.1) is 0 Å². The third-order valence-electron chi connectivity index (χ3n) is 3.52. The Kier molecular flexibility index (Phi) is 3.92. The van der Waals surface area contributed by atoms with Crippen LogP contribution >= 0.6 is 0 Å². The third-order valence-corrected chi connectivity index (χ3v) is 3.52. The Balaban J connectivity index is 2.17. The Hall–Kier alpha value is -3.00. The first-order chi connectivity index (χ1) is 10.8. The van der Waals surface area contributed by atoms with Gasteiger partial charge in [-0.25, -0.2) is 0 Å². The molecule has 0 radical (unpaired) electrons. The van der Waals surface area contributed by atoms with E-state index in [1.807, 2.05) is 48.6 Å². The first-order valence-corrected chi connectivity index (χ1v) is 7.08. The molecule has 0 N–H and O–H groups in total. The van der Waals surface area contributed by atoms with Crippen molar-refractivity contribution in [2.75, 3.05) is 0 Å². The van der Waals surface area contributed by atoms with Gasteiger partial charge in [0.25, 0.3) is 0 Å². The lowest BCUT2D eigenvalue weighted by Crippen LogP contribution is -1.91. The average molecular weight is 284 g/mol. The van der Waals surface area contributed by atoms with Gasteiger partial charge in [0.05, 0.1) is 11.4 Å². The fourth-order valence-corrected chi connectivity index (χ4v) is 2.37. The van der Waals surface area contributed by atoms with Crippen LogP contribution in [-0.4, -0.2) is 9.97 Å². The molecule has 0 aliphatic heterocycles. The standard InChI is InChI=1S/C20H16N2/c1-3-15-9-11-21-19(13-15)17-7-5-6-8-18(17)20-14-16(4-2)10-12-22-20/h3-14H,1-2H2. The highest BCUT2D eigenvalue weighted by Crippen LogP contribution is 2.30. The highest BCUT2D eigenvalue weighted by atomic mass is 14.7. The fourth-order valence-electron chi connectivity index (χ4n) is 2.37. The topological polar surface area (TPSA) is 25.8 Å². The van der Waals surface area contributed by atoms with E-state index in [1.165, 1.54) is 0 Å². The minimum absolute atomic E-state index is 0.916. The summed E-state index contributed by atoms with van der Waals surface area (Å²) in [6.07, 6.45) is 7.25. The Morgan fingerprint density at radius 2 is 1.14 bits per heavy atom. The van der Waals surface area contributed by atoms with Crippen LogP contribution in [0.25, 0.3) is 34.7 Å². The van der Waals surface area contributed by atoms with Crippen molar-refractivity contribution in [3.63, 3.8) is 0 Å². The maximum absolute atomic E-state index is 4.49. The van der Waals surface area contributed by atoms with Gasteiger partial charge in [0.1, 0.15) is 0 Å². The van der Waals surface area contributed by atoms with E-state index >= 15 is 0 Å². The molecule has 0 saturated carbocycles. The summed E-state index contributed by atoms with van der Waals surface area (Å²) in [5.74, 6) is 0. The predicted molar refractivity (Wildman–Crippen MR) is 93.1 cm³/mol. The number of pyridine rings is 2. The summed E-state index contributed by atoms with van der Waals surface area (Å²) in [6.45, 7) is 7.64.